The molecule has 2 amide bonds. The van der Waals surface area contributed by atoms with E-state index in [1.54, 1.807) is 39.2 Å². The SMILES string of the molecule is CC(=O)Nc1c[nH]c2ccc(COCC3[C@H]4CN(CC(F)(F)F)C[C@@H]34)cc12.CC(=O)Nc1cn(C(=O)OC(C)(C)C)c2ccc(COCC3[C@H]4CN(CC(F)(F)F)C[C@@H]34)cc12. The third-order valence-corrected chi connectivity index (χ3v) is 11.7. The summed E-state index contributed by atoms with van der Waals surface area (Å²) in [7, 11) is 0. The van der Waals surface area contributed by atoms with Crippen molar-refractivity contribution >= 4 is 51.1 Å². The number of hydrogen-bond donors (Lipinski definition) is 3. The maximum absolute atomic E-state index is 12.6. The van der Waals surface area contributed by atoms with E-state index in [9.17, 15) is 40.7 Å². The first-order valence-corrected chi connectivity index (χ1v) is 20.4. The van der Waals surface area contributed by atoms with Crippen LogP contribution in [0.5, 0.6) is 0 Å². The second-order valence-electron chi connectivity index (χ2n) is 17.8. The highest BCUT2D eigenvalue weighted by molar-refractivity contribution is 6.04. The summed E-state index contributed by atoms with van der Waals surface area (Å²) in [6.45, 7) is 10.4. The Morgan fingerprint density at radius 2 is 1.18 bits per heavy atom. The zero-order valence-corrected chi connectivity index (χ0v) is 34.7. The number of hydrogen-bond acceptors (Lipinski definition) is 8. The van der Waals surface area contributed by atoms with Crippen LogP contribution in [0.25, 0.3) is 21.8 Å². The molecule has 61 heavy (non-hydrogen) atoms. The van der Waals surface area contributed by atoms with Crippen molar-refractivity contribution in [2.75, 3.05) is 63.1 Å². The number of aromatic nitrogens is 2. The van der Waals surface area contributed by atoms with Gasteiger partial charge in [0.15, 0.2) is 0 Å². The minimum absolute atomic E-state index is 0.127. The van der Waals surface area contributed by atoms with Crippen LogP contribution in [0.4, 0.5) is 42.5 Å². The summed E-state index contributed by atoms with van der Waals surface area (Å²) < 4.78 is 93.5. The smallest absolute Gasteiger partial charge is 0.419 e. The summed E-state index contributed by atoms with van der Waals surface area (Å²) in [5.41, 5.74) is 3.97. The number of anilines is 2. The van der Waals surface area contributed by atoms with Crippen molar-refractivity contribution in [1.29, 1.82) is 0 Å². The molecule has 3 N–H and O–H groups in total. The number of fused-ring (bicyclic) bond motifs is 4. The molecule has 8 rings (SSSR count). The molecule has 2 saturated heterocycles. The number of halogens is 6. The van der Waals surface area contributed by atoms with Gasteiger partial charge in [-0.3, -0.25) is 24.0 Å². The van der Waals surface area contributed by atoms with Gasteiger partial charge in [-0.2, -0.15) is 26.3 Å². The molecule has 2 aliphatic heterocycles. The summed E-state index contributed by atoms with van der Waals surface area (Å²) in [6, 6.07) is 11.4. The van der Waals surface area contributed by atoms with Gasteiger partial charge >= 0.3 is 18.4 Å². The third-order valence-electron chi connectivity index (χ3n) is 11.7. The second-order valence-corrected chi connectivity index (χ2v) is 17.8. The number of carbonyl (C=O) groups is 3. The van der Waals surface area contributed by atoms with Gasteiger partial charge in [0.25, 0.3) is 0 Å². The Labute approximate surface area is 349 Å². The number of rotatable bonds is 12. The molecular weight excluding hydrogens is 810 g/mol. The normalized spacial score (nSPS) is 23.7. The molecule has 6 atom stereocenters. The number of H-pyrrole nitrogens is 1. The van der Waals surface area contributed by atoms with Crippen molar-refractivity contribution in [2.24, 2.45) is 35.5 Å². The van der Waals surface area contributed by atoms with Crippen LogP contribution in [-0.4, -0.2) is 108 Å². The van der Waals surface area contributed by atoms with E-state index in [1.807, 2.05) is 30.3 Å². The van der Waals surface area contributed by atoms with Crippen molar-refractivity contribution in [3.8, 4) is 0 Å². The number of ether oxygens (including phenoxy) is 3. The summed E-state index contributed by atoms with van der Waals surface area (Å²) in [4.78, 5) is 41.7. The molecule has 2 aliphatic carbocycles. The number of benzene rings is 2. The van der Waals surface area contributed by atoms with Gasteiger partial charge in [-0.15, -0.1) is 0 Å². The Morgan fingerprint density at radius 3 is 1.66 bits per heavy atom. The Kier molecular flexibility index (Phi) is 12.6. The van der Waals surface area contributed by atoms with E-state index in [4.69, 9.17) is 14.2 Å². The van der Waals surface area contributed by atoms with Crippen LogP contribution in [0.15, 0.2) is 48.8 Å². The van der Waals surface area contributed by atoms with Gasteiger partial charge in [0.1, 0.15) is 5.60 Å². The summed E-state index contributed by atoms with van der Waals surface area (Å²) in [5.74, 6) is 1.52. The Hall–Kier alpha value is -4.65. The molecule has 2 aromatic carbocycles. The van der Waals surface area contributed by atoms with Crippen LogP contribution in [-0.2, 0) is 37.0 Å². The van der Waals surface area contributed by atoms with E-state index in [0.717, 1.165) is 27.7 Å². The molecule has 332 valence electrons. The fourth-order valence-electron chi connectivity index (χ4n) is 9.03. The van der Waals surface area contributed by atoms with Gasteiger partial charge in [0.2, 0.25) is 11.8 Å². The molecule has 0 spiro atoms. The van der Waals surface area contributed by atoms with Gasteiger partial charge in [-0.25, -0.2) is 4.79 Å². The van der Waals surface area contributed by atoms with Gasteiger partial charge in [0, 0.05) is 68.7 Å². The molecule has 4 aliphatic rings. The molecule has 2 saturated carbocycles. The van der Waals surface area contributed by atoms with E-state index in [-0.39, 0.29) is 23.7 Å². The van der Waals surface area contributed by atoms with E-state index in [0.29, 0.717) is 92.9 Å². The second kappa shape index (κ2) is 17.3. The highest BCUT2D eigenvalue weighted by atomic mass is 19.4. The first kappa shape index (κ1) is 44.4. The zero-order chi connectivity index (χ0) is 44.0. The largest absolute Gasteiger partial charge is 0.443 e. The van der Waals surface area contributed by atoms with Gasteiger partial charge < -0.3 is 29.8 Å². The lowest BCUT2D eigenvalue weighted by Gasteiger charge is -2.20. The maximum Gasteiger partial charge on any atom is 0.419 e. The van der Waals surface area contributed by atoms with Gasteiger partial charge in [-0.1, -0.05) is 12.1 Å². The number of alkyl halides is 6. The van der Waals surface area contributed by atoms with Crippen LogP contribution >= 0.6 is 0 Å². The zero-order valence-electron chi connectivity index (χ0n) is 34.7. The fraction of sp³-hybridized carbons (Fsp3) is 0.558. The molecule has 0 bridgehead atoms. The molecule has 2 aromatic heterocycles. The fourth-order valence-corrected chi connectivity index (χ4v) is 9.03. The first-order valence-electron chi connectivity index (χ1n) is 20.4. The number of nitrogens with one attached hydrogen (secondary N) is 3. The average molecular weight is 863 g/mol. The van der Waals surface area contributed by atoms with E-state index >= 15 is 0 Å². The van der Waals surface area contributed by atoms with Crippen molar-refractivity contribution in [3.63, 3.8) is 0 Å². The average Bonchev–Trinajstić information content (AvgIpc) is 3.56. The summed E-state index contributed by atoms with van der Waals surface area (Å²) in [6.07, 6.45) is -5.51. The number of carbonyl (C=O) groups excluding carboxylic acids is 3. The van der Waals surface area contributed by atoms with Crippen LogP contribution in [0.1, 0.15) is 45.7 Å². The number of nitrogens with zero attached hydrogens (tertiary/aromatic N) is 3. The summed E-state index contributed by atoms with van der Waals surface area (Å²) in [5, 5.41) is 7.16. The Bertz CT molecular complexity index is 2220. The monoisotopic (exact) mass is 862 g/mol. The Balaban J connectivity index is 0.000000189. The molecule has 12 nitrogen and oxygen atoms in total. The highest BCUT2D eigenvalue weighted by Gasteiger charge is 2.57. The summed E-state index contributed by atoms with van der Waals surface area (Å²) >= 11 is 0. The molecule has 0 radical (unpaired) electrons. The van der Waals surface area contributed by atoms with Crippen LogP contribution < -0.4 is 10.6 Å². The molecular formula is C43H52F6N6O6. The van der Waals surface area contributed by atoms with Crippen LogP contribution in [0.2, 0.25) is 0 Å². The van der Waals surface area contributed by atoms with E-state index in [2.05, 4.69) is 15.6 Å². The van der Waals surface area contributed by atoms with Crippen molar-refractivity contribution in [3.05, 3.63) is 59.9 Å². The standard InChI is InChI=1S/C24H30F3N3O4.C19H22F3N3O2/c1-14(31)28-20-10-30(22(32)34-23(2,3)4)21-6-5-15(7-16(20)21)11-33-12-19-17-8-29(9-18(17)19)13-24(25,26)27;1-11(26)24-18-5-23-17-3-2-12(4-13(17)18)8-27-9-16-14-6-25(7-15(14)16)10-19(20,21)22/h5-7,10,17-19H,8-9,11-13H2,1-4H3,(H,28,31);2-5,14-16,23H,6-10H2,1H3,(H,24,26)/t17-,18+,19?;14-,15+,16?. The van der Waals surface area contributed by atoms with E-state index < -0.39 is 37.1 Å². The lowest BCUT2D eigenvalue weighted by molar-refractivity contribution is -0.146. The maximum atomic E-state index is 12.6. The lowest BCUT2D eigenvalue weighted by Crippen LogP contribution is -2.34. The minimum atomic E-state index is -4.15. The Morgan fingerprint density at radius 1 is 0.705 bits per heavy atom. The molecule has 4 aromatic rings. The van der Waals surface area contributed by atoms with Gasteiger partial charge in [-0.05, 0) is 91.7 Å². The van der Waals surface area contributed by atoms with Gasteiger partial charge in [0.05, 0.1) is 56.4 Å². The van der Waals surface area contributed by atoms with Crippen molar-refractivity contribution in [1.82, 2.24) is 19.4 Å². The van der Waals surface area contributed by atoms with Crippen molar-refractivity contribution in [2.45, 2.75) is 65.8 Å². The minimum Gasteiger partial charge on any atom is -0.443 e. The molecule has 4 fully saturated rings. The molecule has 4 heterocycles. The lowest BCUT2D eigenvalue weighted by atomic mass is 10.1. The predicted octanol–water partition coefficient (Wildman–Crippen LogP) is 8.02. The predicted molar refractivity (Wildman–Crippen MR) is 216 cm³/mol. The number of amides is 2. The number of piperidine rings is 2. The number of aromatic amines is 1. The topological polar surface area (TPSA) is 130 Å². The number of likely N-dealkylation sites (tertiary alicyclic amines) is 2. The first-order chi connectivity index (χ1) is 28.6. The van der Waals surface area contributed by atoms with E-state index in [1.165, 1.54) is 28.2 Å². The molecule has 18 heteroatoms. The van der Waals surface area contributed by atoms with Crippen LogP contribution in [0, 0.1) is 35.5 Å². The quantitative estimate of drug-likeness (QED) is 0.122. The highest BCUT2D eigenvalue weighted by Crippen LogP contribution is 2.53. The molecule has 2 unspecified atom stereocenters. The van der Waals surface area contributed by atoms with Crippen molar-refractivity contribution < 1.29 is 54.9 Å². The third kappa shape index (κ3) is 11.4. The van der Waals surface area contributed by atoms with Crippen LogP contribution in [0.3, 0.4) is 0 Å².